The van der Waals surface area contributed by atoms with Crippen molar-refractivity contribution in [2.45, 2.75) is 49.3 Å². The molecule has 4 fully saturated rings. The third-order valence-corrected chi connectivity index (χ3v) is 8.14. The maximum atomic E-state index is 12.9. The number of hydrogen-bond acceptors (Lipinski definition) is 3. The maximum absolute atomic E-state index is 12.9. The van der Waals surface area contributed by atoms with E-state index in [1.165, 1.54) is 32.1 Å². The molecule has 3 nitrogen and oxygen atoms in total. The molecule has 3 aromatic rings. The summed E-state index contributed by atoms with van der Waals surface area (Å²) in [5.41, 5.74) is 1.82. The Bertz CT molecular complexity index is 1080. The number of ether oxygens (including phenoxy) is 1. The number of para-hydroxylation sites is 1. The first-order chi connectivity index (χ1) is 13.5. The first-order valence-electron chi connectivity index (χ1n) is 10.3. The van der Waals surface area contributed by atoms with E-state index in [1.807, 2.05) is 42.5 Å². The zero-order chi connectivity index (χ0) is 18.9. The Hall–Kier alpha value is -1.81. The molecular formula is C24H23BrO3. The van der Waals surface area contributed by atoms with Gasteiger partial charge in [0.25, 0.3) is 0 Å². The molecule has 4 aliphatic rings. The van der Waals surface area contributed by atoms with Crippen molar-refractivity contribution in [3.05, 3.63) is 42.5 Å². The van der Waals surface area contributed by atoms with Gasteiger partial charge in [0.05, 0.1) is 6.42 Å². The first kappa shape index (κ1) is 17.1. The number of rotatable bonds is 3. The van der Waals surface area contributed by atoms with Crippen LogP contribution in [-0.2, 0) is 4.79 Å². The van der Waals surface area contributed by atoms with E-state index < -0.39 is 0 Å². The molecule has 0 N–H and O–H groups in total. The molecule has 144 valence electrons. The van der Waals surface area contributed by atoms with Crippen molar-refractivity contribution in [2.75, 3.05) is 0 Å². The highest BCUT2D eigenvalue weighted by molar-refractivity contribution is 9.10. The Morgan fingerprint density at radius 1 is 1.04 bits per heavy atom. The molecule has 0 spiro atoms. The fourth-order valence-electron chi connectivity index (χ4n) is 6.79. The smallest absolute Gasteiger partial charge is 0.311 e. The van der Waals surface area contributed by atoms with Gasteiger partial charge in [0, 0.05) is 15.1 Å². The van der Waals surface area contributed by atoms with Crippen LogP contribution >= 0.6 is 15.9 Å². The molecule has 0 saturated heterocycles. The van der Waals surface area contributed by atoms with Crippen LogP contribution in [0.5, 0.6) is 5.75 Å². The van der Waals surface area contributed by atoms with E-state index in [9.17, 15) is 4.79 Å². The zero-order valence-electron chi connectivity index (χ0n) is 15.7. The van der Waals surface area contributed by atoms with Gasteiger partial charge >= 0.3 is 5.97 Å². The van der Waals surface area contributed by atoms with Gasteiger partial charge in [0.2, 0.25) is 0 Å². The molecular weight excluding hydrogens is 416 g/mol. The van der Waals surface area contributed by atoms with Gasteiger partial charge in [-0.25, -0.2) is 0 Å². The third kappa shape index (κ3) is 2.72. The third-order valence-electron chi connectivity index (χ3n) is 7.21. The van der Waals surface area contributed by atoms with Crippen LogP contribution in [0.1, 0.15) is 44.9 Å². The predicted octanol–water partition coefficient (Wildman–Crippen LogP) is 6.62. The molecule has 7 rings (SSSR count). The lowest BCUT2D eigenvalue weighted by Gasteiger charge is -2.60. The normalized spacial score (nSPS) is 33.6. The summed E-state index contributed by atoms with van der Waals surface area (Å²) >= 11 is 4.03. The van der Waals surface area contributed by atoms with E-state index >= 15 is 0 Å². The van der Waals surface area contributed by atoms with E-state index in [4.69, 9.17) is 9.15 Å². The van der Waals surface area contributed by atoms with E-state index in [2.05, 4.69) is 15.9 Å². The van der Waals surface area contributed by atoms with Crippen molar-refractivity contribution in [1.82, 2.24) is 0 Å². The Morgan fingerprint density at radius 2 is 1.79 bits per heavy atom. The number of alkyl halides is 1. The second-order valence-corrected chi connectivity index (χ2v) is 11.2. The van der Waals surface area contributed by atoms with Gasteiger partial charge in [0.15, 0.2) is 0 Å². The van der Waals surface area contributed by atoms with Gasteiger partial charge in [-0.1, -0.05) is 34.1 Å². The molecule has 28 heavy (non-hydrogen) atoms. The molecule has 0 unspecified atom stereocenters. The summed E-state index contributed by atoms with van der Waals surface area (Å²) < 4.78 is 12.0. The minimum Gasteiger partial charge on any atom is -0.456 e. The van der Waals surface area contributed by atoms with Crippen LogP contribution in [0, 0.1) is 17.3 Å². The number of esters is 1. The molecule has 0 amide bonds. The SMILES string of the molecule is O=C(CC12C[C@H]3C[C@@H](CC(Br)(C3)C1)C2)Oc1ccc2oc3ccccc3c2c1. The van der Waals surface area contributed by atoms with Gasteiger partial charge in [-0.05, 0) is 80.0 Å². The molecule has 1 aromatic heterocycles. The lowest BCUT2D eigenvalue weighted by molar-refractivity contribution is -0.141. The van der Waals surface area contributed by atoms with Crippen molar-refractivity contribution in [2.24, 2.45) is 17.3 Å². The average molecular weight is 439 g/mol. The fraction of sp³-hybridized carbons (Fsp3) is 0.458. The number of carbonyl (C=O) groups is 1. The molecule has 1 heterocycles. The fourth-order valence-corrected chi connectivity index (χ4v) is 8.30. The highest BCUT2D eigenvalue weighted by Crippen LogP contribution is 2.65. The summed E-state index contributed by atoms with van der Waals surface area (Å²) in [4.78, 5) is 12.9. The van der Waals surface area contributed by atoms with Gasteiger partial charge in [0.1, 0.15) is 16.9 Å². The Labute approximate surface area is 172 Å². The van der Waals surface area contributed by atoms with Gasteiger partial charge < -0.3 is 9.15 Å². The summed E-state index contributed by atoms with van der Waals surface area (Å²) in [6.07, 6.45) is 7.96. The Balaban J connectivity index is 1.25. The summed E-state index contributed by atoms with van der Waals surface area (Å²) in [7, 11) is 0. The highest BCUT2D eigenvalue weighted by Gasteiger charge is 2.57. The number of benzene rings is 2. The molecule has 4 saturated carbocycles. The topological polar surface area (TPSA) is 39.4 Å². The summed E-state index contributed by atoms with van der Waals surface area (Å²) in [6.45, 7) is 0. The first-order valence-corrected chi connectivity index (χ1v) is 11.1. The predicted molar refractivity (Wildman–Crippen MR) is 113 cm³/mol. The van der Waals surface area contributed by atoms with E-state index in [0.29, 0.717) is 12.2 Å². The standard InChI is InChI=1S/C24H23BrO3/c25-24-11-15-7-16(12-24)10-23(9-15,14-24)13-22(26)27-17-5-6-21-19(8-17)18-3-1-2-4-20(18)28-21/h1-6,8,15-16H,7,9-14H2/t15-,16-,23?,24?/m1/s1. The molecule has 4 heteroatoms. The Kier molecular flexibility index (Phi) is 3.57. The van der Waals surface area contributed by atoms with Crippen LogP contribution < -0.4 is 4.74 Å². The number of furan rings is 1. The summed E-state index contributed by atoms with van der Waals surface area (Å²) in [5.74, 6) is 2.08. The van der Waals surface area contributed by atoms with Crippen LogP contribution in [0.3, 0.4) is 0 Å². The molecule has 2 atom stereocenters. The zero-order valence-corrected chi connectivity index (χ0v) is 17.3. The van der Waals surface area contributed by atoms with E-state index in [-0.39, 0.29) is 15.7 Å². The largest absolute Gasteiger partial charge is 0.456 e. The number of halogens is 1. The average Bonchev–Trinajstić information content (AvgIpc) is 2.97. The monoisotopic (exact) mass is 438 g/mol. The van der Waals surface area contributed by atoms with Crippen LogP contribution in [0.4, 0.5) is 0 Å². The lowest BCUT2D eigenvalue weighted by Crippen LogP contribution is -2.53. The van der Waals surface area contributed by atoms with E-state index in [0.717, 1.165) is 40.2 Å². The number of fused-ring (bicyclic) bond motifs is 3. The van der Waals surface area contributed by atoms with Crippen molar-refractivity contribution in [3.63, 3.8) is 0 Å². The second-order valence-electron chi connectivity index (χ2n) is 9.52. The van der Waals surface area contributed by atoms with Crippen LogP contribution in [0.25, 0.3) is 21.9 Å². The molecule has 0 radical (unpaired) electrons. The minimum atomic E-state index is -0.0924. The molecule has 2 aromatic carbocycles. The number of carbonyl (C=O) groups excluding carboxylic acids is 1. The minimum absolute atomic E-state index is 0.0924. The second kappa shape index (κ2) is 5.85. The summed E-state index contributed by atoms with van der Waals surface area (Å²) in [6, 6.07) is 13.6. The summed E-state index contributed by atoms with van der Waals surface area (Å²) in [5, 5.41) is 2.05. The molecule has 4 aliphatic carbocycles. The van der Waals surface area contributed by atoms with E-state index in [1.54, 1.807) is 0 Å². The van der Waals surface area contributed by atoms with Crippen LogP contribution in [0.15, 0.2) is 46.9 Å². The maximum Gasteiger partial charge on any atom is 0.311 e. The van der Waals surface area contributed by atoms with Gasteiger partial charge in [-0.3, -0.25) is 4.79 Å². The van der Waals surface area contributed by atoms with Crippen molar-refractivity contribution < 1.29 is 13.9 Å². The number of hydrogen-bond donors (Lipinski definition) is 0. The van der Waals surface area contributed by atoms with Crippen molar-refractivity contribution in [3.8, 4) is 5.75 Å². The quantitative estimate of drug-likeness (QED) is 0.262. The molecule has 0 aliphatic heterocycles. The highest BCUT2D eigenvalue weighted by atomic mass is 79.9. The van der Waals surface area contributed by atoms with Gasteiger partial charge in [-0.2, -0.15) is 0 Å². The Morgan fingerprint density at radius 3 is 2.57 bits per heavy atom. The van der Waals surface area contributed by atoms with Crippen LogP contribution in [0.2, 0.25) is 0 Å². The molecule has 4 bridgehead atoms. The van der Waals surface area contributed by atoms with Crippen molar-refractivity contribution >= 4 is 43.8 Å². The van der Waals surface area contributed by atoms with Crippen LogP contribution in [-0.4, -0.2) is 10.3 Å². The van der Waals surface area contributed by atoms with Gasteiger partial charge in [-0.15, -0.1) is 0 Å². The lowest BCUT2D eigenvalue weighted by atomic mass is 9.49. The van der Waals surface area contributed by atoms with Crippen molar-refractivity contribution in [1.29, 1.82) is 0 Å².